The number of primary amides is 1. The number of furan rings is 1. The van der Waals surface area contributed by atoms with Gasteiger partial charge in [-0.1, -0.05) is 0 Å². The number of nitrogens with two attached hydrogens (primary N) is 1. The minimum Gasteiger partial charge on any atom is -0.467 e. The molecule has 6 heteroatoms. The minimum atomic E-state index is -0.624. The van der Waals surface area contributed by atoms with Crippen LogP contribution in [0.15, 0.2) is 27.8 Å². The van der Waals surface area contributed by atoms with Crippen molar-refractivity contribution in [1.29, 1.82) is 0 Å². The number of aliphatic imine (C=N–C) groups is 1. The number of amides is 1. The van der Waals surface area contributed by atoms with Crippen LogP contribution in [0.3, 0.4) is 0 Å². The first-order chi connectivity index (χ1) is 8.95. The van der Waals surface area contributed by atoms with E-state index in [0.717, 1.165) is 12.3 Å². The zero-order valence-electron chi connectivity index (χ0n) is 11.7. The average molecular weight is 266 g/mol. The third kappa shape index (κ3) is 5.03. The standard InChI is InChI=1S/C13H22N4O2/c1-4-15-12(16-8-10-6-5-7-19-10)17-9-13(2,3)11(14)18/h5-7H,4,8-9H2,1-3H3,(H2,14,18)(H2,15,16,17). The van der Waals surface area contributed by atoms with E-state index < -0.39 is 5.41 Å². The summed E-state index contributed by atoms with van der Waals surface area (Å²) in [4.78, 5) is 15.6. The fourth-order valence-corrected chi connectivity index (χ4v) is 1.29. The van der Waals surface area contributed by atoms with Gasteiger partial charge in [0, 0.05) is 13.1 Å². The molecule has 4 N–H and O–H groups in total. The molecule has 0 saturated heterocycles. The number of hydrogen-bond acceptors (Lipinski definition) is 3. The predicted octanol–water partition coefficient (Wildman–Crippen LogP) is 0.846. The van der Waals surface area contributed by atoms with Gasteiger partial charge in [-0.3, -0.25) is 4.79 Å². The fraction of sp³-hybridized carbons (Fsp3) is 0.538. The predicted molar refractivity (Wildman–Crippen MR) is 74.5 cm³/mol. The molecule has 1 amide bonds. The van der Waals surface area contributed by atoms with Gasteiger partial charge in [0.2, 0.25) is 5.91 Å². The summed E-state index contributed by atoms with van der Waals surface area (Å²) in [6, 6.07) is 3.68. The van der Waals surface area contributed by atoms with Crippen LogP contribution in [-0.4, -0.2) is 25.0 Å². The van der Waals surface area contributed by atoms with Crippen LogP contribution in [0.5, 0.6) is 0 Å². The summed E-state index contributed by atoms with van der Waals surface area (Å²) in [6.07, 6.45) is 1.61. The lowest BCUT2D eigenvalue weighted by Gasteiger charge is -2.22. The van der Waals surface area contributed by atoms with Gasteiger partial charge in [0.05, 0.1) is 11.7 Å². The van der Waals surface area contributed by atoms with Crippen molar-refractivity contribution in [2.24, 2.45) is 16.1 Å². The van der Waals surface area contributed by atoms with E-state index in [9.17, 15) is 4.79 Å². The Morgan fingerprint density at radius 2 is 2.21 bits per heavy atom. The van der Waals surface area contributed by atoms with Crippen LogP contribution in [0.25, 0.3) is 0 Å². The van der Waals surface area contributed by atoms with E-state index in [1.807, 2.05) is 19.1 Å². The molecule has 0 aromatic carbocycles. The fourth-order valence-electron chi connectivity index (χ4n) is 1.29. The summed E-state index contributed by atoms with van der Waals surface area (Å²) < 4.78 is 5.21. The lowest BCUT2D eigenvalue weighted by Crippen LogP contribution is -2.46. The smallest absolute Gasteiger partial charge is 0.224 e. The molecule has 0 atom stereocenters. The van der Waals surface area contributed by atoms with E-state index in [-0.39, 0.29) is 5.91 Å². The Balaban J connectivity index is 2.57. The second-order valence-corrected chi connectivity index (χ2v) is 4.88. The third-order valence-corrected chi connectivity index (χ3v) is 2.68. The van der Waals surface area contributed by atoms with Crippen LogP contribution in [0.2, 0.25) is 0 Å². The van der Waals surface area contributed by atoms with Gasteiger partial charge in [-0.15, -0.1) is 0 Å². The highest BCUT2D eigenvalue weighted by atomic mass is 16.3. The molecular weight excluding hydrogens is 244 g/mol. The molecule has 0 unspecified atom stereocenters. The first-order valence-electron chi connectivity index (χ1n) is 6.30. The van der Waals surface area contributed by atoms with Gasteiger partial charge in [-0.25, -0.2) is 4.99 Å². The van der Waals surface area contributed by atoms with Crippen LogP contribution >= 0.6 is 0 Å². The van der Waals surface area contributed by atoms with Gasteiger partial charge in [0.1, 0.15) is 12.3 Å². The number of nitrogens with one attached hydrogen (secondary N) is 2. The molecular formula is C13H22N4O2. The van der Waals surface area contributed by atoms with Crippen LogP contribution in [-0.2, 0) is 11.3 Å². The summed E-state index contributed by atoms with van der Waals surface area (Å²) >= 11 is 0. The molecule has 0 spiro atoms. The summed E-state index contributed by atoms with van der Waals surface area (Å²) in [6.45, 7) is 7.16. The van der Waals surface area contributed by atoms with Crippen molar-refractivity contribution in [3.63, 3.8) is 0 Å². The first-order valence-corrected chi connectivity index (χ1v) is 6.30. The Kier molecular flexibility index (Phi) is 5.41. The molecule has 6 nitrogen and oxygen atoms in total. The topological polar surface area (TPSA) is 92.7 Å². The Bertz CT molecular complexity index is 424. The largest absolute Gasteiger partial charge is 0.467 e. The molecule has 0 aliphatic rings. The van der Waals surface area contributed by atoms with Crippen molar-refractivity contribution in [3.05, 3.63) is 24.2 Å². The Morgan fingerprint density at radius 3 is 2.74 bits per heavy atom. The zero-order valence-corrected chi connectivity index (χ0v) is 11.7. The average Bonchev–Trinajstić information content (AvgIpc) is 2.85. The van der Waals surface area contributed by atoms with Gasteiger partial charge in [0.25, 0.3) is 0 Å². The van der Waals surface area contributed by atoms with Crippen molar-refractivity contribution in [3.8, 4) is 0 Å². The molecule has 0 bridgehead atoms. The zero-order chi connectivity index (χ0) is 14.3. The quantitative estimate of drug-likeness (QED) is 0.525. The van der Waals surface area contributed by atoms with Crippen LogP contribution in [0, 0.1) is 5.41 Å². The summed E-state index contributed by atoms with van der Waals surface area (Å²) in [7, 11) is 0. The molecule has 0 saturated carbocycles. The number of carbonyl (C=O) groups excluding carboxylic acids is 1. The SMILES string of the molecule is CCNC(=NCc1ccco1)NCC(C)(C)C(N)=O. The number of nitrogens with zero attached hydrogens (tertiary/aromatic N) is 1. The van der Waals surface area contributed by atoms with Crippen LogP contribution < -0.4 is 16.4 Å². The van der Waals surface area contributed by atoms with Crippen molar-refractivity contribution in [2.45, 2.75) is 27.3 Å². The maximum atomic E-state index is 11.2. The molecule has 1 heterocycles. The molecule has 0 aliphatic carbocycles. The Labute approximate surface area is 113 Å². The van der Waals surface area contributed by atoms with E-state index in [4.69, 9.17) is 10.2 Å². The number of rotatable bonds is 6. The van der Waals surface area contributed by atoms with Crippen molar-refractivity contribution >= 4 is 11.9 Å². The summed E-state index contributed by atoms with van der Waals surface area (Å²) in [5, 5.41) is 6.20. The monoisotopic (exact) mass is 266 g/mol. The first kappa shape index (κ1) is 15.1. The van der Waals surface area contributed by atoms with Crippen LogP contribution in [0.1, 0.15) is 26.5 Å². The second kappa shape index (κ2) is 6.82. The van der Waals surface area contributed by atoms with E-state index in [2.05, 4.69) is 15.6 Å². The lowest BCUT2D eigenvalue weighted by atomic mass is 9.93. The molecule has 0 radical (unpaired) electrons. The highest BCUT2D eigenvalue weighted by molar-refractivity contribution is 5.83. The van der Waals surface area contributed by atoms with Crippen molar-refractivity contribution in [1.82, 2.24) is 10.6 Å². The van der Waals surface area contributed by atoms with E-state index in [1.165, 1.54) is 0 Å². The third-order valence-electron chi connectivity index (χ3n) is 2.68. The van der Waals surface area contributed by atoms with Crippen molar-refractivity contribution < 1.29 is 9.21 Å². The number of guanidine groups is 1. The molecule has 19 heavy (non-hydrogen) atoms. The normalized spacial score (nSPS) is 12.3. The second-order valence-electron chi connectivity index (χ2n) is 4.88. The van der Waals surface area contributed by atoms with E-state index >= 15 is 0 Å². The molecule has 1 aromatic heterocycles. The Morgan fingerprint density at radius 1 is 1.47 bits per heavy atom. The summed E-state index contributed by atoms with van der Waals surface area (Å²) in [5.41, 5.74) is 4.70. The lowest BCUT2D eigenvalue weighted by molar-refractivity contribution is -0.125. The maximum Gasteiger partial charge on any atom is 0.224 e. The van der Waals surface area contributed by atoms with Gasteiger partial charge < -0.3 is 20.8 Å². The highest BCUT2D eigenvalue weighted by Gasteiger charge is 2.24. The van der Waals surface area contributed by atoms with Gasteiger partial charge in [0.15, 0.2) is 5.96 Å². The van der Waals surface area contributed by atoms with Gasteiger partial charge in [-0.2, -0.15) is 0 Å². The van der Waals surface area contributed by atoms with Crippen molar-refractivity contribution in [2.75, 3.05) is 13.1 Å². The molecule has 1 aromatic rings. The van der Waals surface area contributed by atoms with E-state index in [1.54, 1.807) is 20.1 Å². The van der Waals surface area contributed by atoms with Gasteiger partial charge >= 0.3 is 0 Å². The molecule has 1 rings (SSSR count). The molecule has 0 fully saturated rings. The van der Waals surface area contributed by atoms with E-state index in [0.29, 0.717) is 19.0 Å². The van der Waals surface area contributed by atoms with Gasteiger partial charge in [-0.05, 0) is 32.9 Å². The number of carbonyl (C=O) groups is 1. The van der Waals surface area contributed by atoms with Crippen LogP contribution in [0.4, 0.5) is 0 Å². The minimum absolute atomic E-state index is 0.345. The molecule has 0 aliphatic heterocycles. The Hall–Kier alpha value is -1.98. The maximum absolute atomic E-state index is 11.2. The molecule has 106 valence electrons. The highest BCUT2D eigenvalue weighted by Crippen LogP contribution is 2.11. The summed E-state index contributed by atoms with van der Waals surface area (Å²) in [5.74, 6) is 1.07. The number of hydrogen-bond donors (Lipinski definition) is 3.